The van der Waals surface area contributed by atoms with E-state index in [4.69, 9.17) is 19.9 Å². The Balaban J connectivity index is 1.75. The minimum absolute atomic E-state index is 0.0270. The zero-order chi connectivity index (χ0) is 19.1. The van der Waals surface area contributed by atoms with Gasteiger partial charge in [-0.1, -0.05) is 32.1 Å². The van der Waals surface area contributed by atoms with Crippen LogP contribution < -0.4 is 15.8 Å². The van der Waals surface area contributed by atoms with Gasteiger partial charge >= 0.3 is 0 Å². The van der Waals surface area contributed by atoms with E-state index in [0.29, 0.717) is 6.61 Å². The van der Waals surface area contributed by atoms with E-state index in [1.807, 2.05) is 6.92 Å². The van der Waals surface area contributed by atoms with E-state index in [0.717, 1.165) is 29.4 Å². The summed E-state index contributed by atoms with van der Waals surface area (Å²) in [6.45, 7) is 14.7. The Labute approximate surface area is 161 Å². The summed E-state index contributed by atoms with van der Waals surface area (Å²) in [5.41, 5.74) is 8.52. The molecule has 1 aliphatic rings. The number of anilines is 1. The highest BCUT2D eigenvalue weighted by atomic mass is 32.1. The van der Waals surface area contributed by atoms with Crippen LogP contribution in [0.4, 0.5) is 5.13 Å². The minimum atomic E-state index is -1.81. The van der Waals surface area contributed by atoms with Crippen molar-refractivity contribution in [1.82, 2.24) is 4.98 Å². The molecule has 1 aromatic heterocycles. The Kier molecular flexibility index (Phi) is 5.36. The van der Waals surface area contributed by atoms with Crippen molar-refractivity contribution in [3.8, 4) is 5.75 Å². The molecule has 0 saturated heterocycles. The highest BCUT2D eigenvalue weighted by Crippen LogP contribution is 2.38. The molecule has 3 rings (SSSR count). The second kappa shape index (κ2) is 7.11. The maximum absolute atomic E-state index is 6.39. The second-order valence-corrected chi connectivity index (χ2v) is 14.5. The highest BCUT2D eigenvalue weighted by molar-refractivity contribution is 7.22. The molecule has 26 heavy (non-hydrogen) atoms. The highest BCUT2D eigenvalue weighted by Gasteiger charge is 2.38. The minimum Gasteiger partial charge on any atom is -0.493 e. The first-order valence-corrected chi connectivity index (χ1v) is 13.0. The molecule has 0 aliphatic carbocycles. The number of nitrogens with one attached hydrogen (secondary N) is 1. The number of rotatable bonds is 6. The van der Waals surface area contributed by atoms with Crippen LogP contribution in [0.3, 0.4) is 0 Å². The third-order valence-corrected chi connectivity index (χ3v) is 11.1. The lowest BCUT2D eigenvalue weighted by Crippen LogP contribution is -2.48. The lowest BCUT2D eigenvalue weighted by atomic mass is 10.1. The molecule has 5 nitrogen and oxygen atoms in total. The van der Waals surface area contributed by atoms with Crippen molar-refractivity contribution in [2.24, 2.45) is 5.73 Å². The average Bonchev–Trinajstić information content (AvgIpc) is 3.15. The Bertz CT molecular complexity index is 783. The van der Waals surface area contributed by atoms with E-state index in [1.54, 1.807) is 11.3 Å². The number of benzene rings is 1. The summed E-state index contributed by atoms with van der Waals surface area (Å²) in [5, 5.41) is 4.61. The molecule has 7 heteroatoms. The number of hydrogen-bond donors (Lipinski definition) is 2. The fraction of sp³-hybridized carbons (Fsp3) is 0.632. The summed E-state index contributed by atoms with van der Waals surface area (Å²) < 4.78 is 13.2. The second-order valence-electron chi connectivity index (χ2n) is 8.69. The number of ether oxygens (including phenoxy) is 1. The van der Waals surface area contributed by atoms with Gasteiger partial charge < -0.3 is 20.2 Å². The van der Waals surface area contributed by atoms with Crippen LogP contribution >= 0.6 is 11.3 Å². The van der Waals surface area contributed by atoms with Crippen LogP contribution in [-0.4, -0.2) is 38.6 Å². The van der Waals surface area contributed by atoms with E-state index in [-0.39, 0.29) is 17.1 Å². The van der Waals surface area contributed by atoms with Gasteiger partial charge in [0.25, 0.3) is 0 Å². The van der Waals surface area contributed by atoms with Crippen LogP contribution in [0.1, 0.15) is 33.3 Å². The van der Waals surface area contributed by atoms with E-state index in [9.17, 15) is 0 Å². The molecule has 0 amide bonds. The van der Waals surface area contributed by atoms with E-state index in [2.05, 4.69) is 51.3 Å². The van der Waals surface area contributed by atoms with E-state index < -0.39 is 8.32 Å². The van der Waals surface area contributed by atoms with Gasteiger partial charge in [0.15, 0.2) is 13.4 Å². The molecule has 0 spiro atoms. The van der Waals surface area contributed by atoms with Crippen LogP contribution in [0.2, 0.25) is 18.1 Å². The average molecular weight is 394 g/mol. The van der Waals surface area contributed by atoms with Gasteiger partial charge in [-0.3, -0.25) is 0 Å². The van der Waals surface area contributed by atoms with Crippen molar-refractivity contribution >= 4 is 35.0 Å². The SMILES string of the molecule is C[C@@H](N)[C@@H](CO[Si](C)(C)C(C)(C)C)Nc1nc2c3c(ccc2s1)OCC3. The van der Waals surface area contributed by atoms with Gasteiger partial charge in [-0.2, -0.15) is 0 Å². The van der Waals surface area contributed by atoms with Crippen molar-refractivity contribution < 1.29 is 9.16 Å². The molecule has 1 aromatic carbocycles. The van der Waals surface area contributed by atoms with Crippen LogP contribution in [-0.2, 0) is 10.8 Å². The summed E-state index contributed by atoms with van der Waals surface area (Å²) in [6.07, 6.45) is 0.932. The largest absolute Gasteiger partial charge is 0.493 e. The van der Waals surface area contributed by atoms with E-state index >= 15 is 0 Å². The molecule has 0 fully saturated rings. The molecule has 0 saturated carbocycles. The maximum atomic E-state index is 6.39. The lowest BCUT2D eigenvalue weighted by Gasteiger charge is -2.37. The molecule has 0 radical (unpaired) electrons. The molecule has 0 unspecified atom stereocenters. The molecule has 0 bridgehead atoms. The fourth-order valence-electron chi connectivity index (χ4n) is 2.73. The standard InChI is InChI=1S/C19H31N3O2SSi/c1-12(20)14(11-24-26(5,6)19(2,3)4)21-18-22-17-13-9-10-23-15(13)7-8-16(17)25-18/h7-8,12,14H,9-11,20H2,1-6H3,(H,21,22)/t12-,14-/m1/s1. The summed E-state index contributed by atoms with van der Waals surface area (Å²) in [5.74, 6) is 0.972. The zero-order valence-electron chi connectivity index (χ0n) is 16.7. The van der Waals surface area contributed by atoms with Gasteiger partial charge in [0, 0.05) is 18.0 Å². The normalized spacial score (nSPS) is 17.0. The van der Waals surface area contributed by atoms with Crippen molar-refractivity contribution in [2.75, 3.05) is 18.5 Å². The predicted octanol–water partition coefficient (Wildman–Crippen LogP) is 4.38. The fourth-order valence-corrected chi connectivity index (χ4v) is 4.72. The Morgan fingerprint density at radius 2 is 2.12 bits per heavy atom. The van der Waals surface area contributed by atoms with Crippen LogP contribution in [0.25, 0.3) is 10.2 Å². The Morgan fingerprint density at radius 3 is 2.77 bits per heavy atom. The summed E-state index contributed by atoms with van der Waals surface area (Å²) in [7, 11) is -1.81. The van der Waals surface area contributed by atoms with Gasteiger partial charge in [0.05, 0.1) is 29.5 Å². The first kappa shape index (κ1) is 19.6. The first-order valence-electron chi connectivity index (χ1n) is 9.30. The molecular weight excluding hydrogens is 362 g/mol. The summed E-state index contributed by atoms with van der Waals surface area (Å²) in [6, 6.07) is 4.15. The van der Waals surface area contributed by atoms with Crippen molar-refractivity contribution in [3.63, 3.8) is 0 Å². The number of thiazole rings is 1. The third kappa shape index (κ3) is 3.90. The molecule has 2 atom stereocenters. The first-order chi connectivity index (χ1) is 12.1. The topological polar surface area (TPSA) is 69.4 Å². The number of aromatic nitrogens is 1. The molecule has 2 heterocycles. The monoisotopic (exact) mass is 393 g/mol. The number of nitrogens with two attached hydrogens (primary N) is 1. The van der Waals surface area contributed by atoms with Crippen LogP contribution in [0.5, 0.6) is 5.75 Å². The molecule has 144 valence electrons. The van der Waals surface area contributed by atoms with E-state index in [1.165, 1.54) is 10.3 Å². The predicted molar refractivity (Wildman–Crippen MR) is 113 cm³/mol. The van der Waals surface area contributed by atoms with Gasteiger partial charge in [0.1, 0.15) is 5.75 Å². The smallest absolute Gasteiger partial charge is 0.192 e. The molecule has 3 N–H and O–H groups in total. The molecule has 2 aromatic rings. The number of nitrogens with zero attached hydrogens (tertiary/aromatic N) is 1. The van der Waals surface area contributed by atoms with Gasteiger partial charge in [0.2, 0.25) is 0 Å². The van der Waals surface area contributed by atoms with Gasteiger partial charge in [-0.15, -0.1) is 0 Å². The Morgan fingerprint density at radius 1 is 1.38 bits per heavy atom. The van der Waals surface area contributed by atoms with Crippen LogP contribution in [0, 0.1) is 0 Å². The summed E-state index contributed by atoms with van der Waals surface area (Å²) in [4.78, 5) is 4.83. The quantitative estimate of drug-likeness (QED) is 0.713. The van der Waals surface area contributed by atoms with Gasteiger partial charge in [-0.05, 0) is 37.2 Å². The summed E-state index contributed by atoms with van der Waals surface area (Å²) >= 11 is 1.67. The van der Waals surface area contributed by atoms with Crippen molar-refractivity contribution in [1.29, 1.82) is 0 Å². The maximum Gasteiger partial charge on any atom is 0.192 e. The van der Waals surface area contributed by atoms with Crippen LogP contribution in [0.15, 0.2) is 12.1 Å². The molecule has 1 aliphatic heterocycles. The third-order valence-electron chi connectivity index (χ3n) is 5.61. The van der Waals surface area contributed by atoms with Gasteiger partial charge in [-0.25, -0.2) is 4.98 Å². The number of hydrogen-bond acceptors (Lipinski definition) is 6. The molecular formula is C19H31N3O2SSi. The Hall–Kier alpha value is -1.15. The van der Waals surface area contributed by atoms with Crippen molar-refractivity contribution in [2.45, 2.75) is 64.3 Å². The van der Waals surface area contributed by atoms with Crippen molar-refractivity contribution in [3.05, 3.63) is 17.7 Å². The number of fused-ring (bicyclic) bond motifs is 3. The lowest BCUT2D eigenvalue weighted by molar-refractivity contribution is 0.260. The zero-order valence-corrected chi connectivity index (χ0v) is 18.5.